The van der Waals surface area contributed by atoms with Crippen LogP contribution in [0.25, 0.3) is 0 Å². The smallest absolute Gasteiger partial charge is 0.276 e. The minimum Gasteiger partial charge on any atom is -0.328 e. The molecule has 7 heteroatoms. The number of hydrogen-bond donors (Lipinski definition) is 1. The Labute approximate surface area is 166 Å². The van der Waals surface area contributed by atoms with Gasteiger partial charge < -0.3 is 10.2 Å². The maximum Gasteiger partial charge on any atom is 0.276 e. The summed E-state index contributed by atoms with van der Waals surface area (Å²) in [5.41, 5.74) is 1.37. The second kappa shape index (κ2) is 9.28. The Morgan fingerprint density at radius 3 is 2.82 bits per heavy atom. The normalized spacial score (nSPS) is 20.8. The molecule has 0 bridgehead atoms. The minimum absolute atomic E-state index is 0.0226. The Kier molecular flexibility index (Phi) is 6.31. The first-order valence-corrected chi connectivity index (χ1v) is 10.6. The van der Waals surface area contributed by atoms with Crippen molar-refractivity contribution in [3.63, 3.8) is 0 Å². The van der Waals surface area contributed by atoms with E-state index in [1.165, 1.54) is 32.1 Å². The molecule has 2 aromatic rings. The van der Waals surface area contributed by atoms with Gasteiger partial charge in [0.1, 0.15) is 0 Å². The number of carbonyl (C=O) groups excluding carboxylic acids is 1. The van der Waals surface area contributed by atoms with Gasteiger partial charge in [-0.1, -0.05) is 30.5 Å². The molecule has 7 nitrogen and oxygen atoms in total. The Balaban J connectivity index is 1.48. The molecule has 150 valence electrons. The fourth-order valence-corrected chi connectivity index (χ4v) is 4.40. The lowest BCUT2D eigenvalue weighted by molar-refractivity contribution is 0.0605. The molecule has 2 aromatic heterocycles. The van der Waals surface area contributed by atoms with Gasteiger partial charge in [0, 0.05) is 18.8 Å². The summed E-state index contributed by atoms with van der Waals surface area (Å²) < 4.78 is 1.84. The second-order valence-corrected chi connectivity index (χ2v) is 8.08. The van der Waals surface area contributed by atoms with Crippen molar-refractivity contribution < 1.29 is 4.79 Å². The topological polar surface area (TPSA) is 75.9 Å². The van der Waals surface area contributed by atoms with Crippen molar-refractivity contribution >= 4 is 5.91 Å². The predicted octanol–water partition coefficient (Wildman–Crippen LogP) is 2.65. The molecule has 1 aliphatic heterocycles. The van der Waals surface area contributed by atoms with Crippen molar-refractivity contribution in [2.45, 2.75) is 64.1 Å². The van der Waals surface area contributed by atoms with E-state index in [1.54, 1.807) is 6.20 Å². The van der Waals surface area contributed by atoms with E-state index in [0.717, 1.165) is 38.2 Å². The summed E-state index contributed by atoms with van der Waals surface area (Å²) in [6.07, 6.45) is 11.7. The molecule has 1 saturated heterocycles. The predicted molar refractivity (Wildman–Crippen MR) is 107 cm³/mol. The van der Waals surface area contributed by atoms with Crippen molar-refractivity contribution in [3.05, 3.63) is 42.0 Å². The summed E-state index contributed by atoms with van der Waals surface area (Å²) in [6.45, 7) is 3.46. The van der Waals surface area contributed by atoms with Crippen LogP contribution in [0.1, 0.15) is 61.1 Å². The number of pyridine rings is 1. The highest BCUT2D eigenvalue weighted by Gasteiger charge is 2.28. The highest BCUT2D eigenvalue weighted by atomic mass is 16.2. The maximum absolute atomic E-state index is 13.3. The van der Waals surface area contributed by atoms with Gasteiger partial charge in [-0.2, -0.15) is 0 Å². The highest BCUT2D eigenvalue weighted by Crippen LogP contribution is 2.25. The SMILES string of the molecule is O=C(c1cn(CC2CCCNC2)nn1)N(Cc1ccccn1)C1CCCCC1. The molecular formula is C21H30N6O. The third-order valence-electron chi connectivity index (χ3n) is 5.94. The third-order valence-corrected chi connectivity index (χ3v) is 5.94. The molecule has 2 fully saturated rings. The summed E-state index contributed by atoms with van der Waals surface area (Å²) in [5, 5.41) is 11.9. The quantitative estimate of drug-likeness (QED) is 0.831. The van der Waals surface area contributed by atoms with Crippen LogP contribution in [0.5, 0.6) is 0 Å². The van der Waals surface area contributed by atoms with Crippen LogP contribution in [0, 0.1) is 5.92 Å². The molecule has 1 N–H and O–H groups in total. The third kappa shape index (κ3) is 4.76. The van der Waals surface area contributed by atoms with Crippen molar-refractivity contribution in [2.75, 3.05) is 13.1 Å². The van der Waals surface area contributed by atoms with Crippen molar-refractivity contribution in [1.29, 1.82) is 0 Å². The summed E-state index contributed by atoms with van der Waals surface area (Å²) >= 11 is 0. The van der Waals surface area contributed by atoms with Crippen LogP contribution in [0.3, 0.4) is 0 Å². The Morgan fingerprint density at radius 2 is 2.07 bits per heavy atom. The minimum atomic E-state index is -0.0226. The molecule has 1 aliphatic carbocycles. The Hall–Kier alpha value is -2.28. The largest absolute Gasteiger partial charge is 0.328 e. The summed E-state index contributed by atoms with van der Waals surface area (Å²) in [5.74, 6) is 0.534. The van der Waals surface area contributed by atoms with E-state index in [9.17, 15) is 4.79 Å². The fraction of sp³-hybridized carbons (Fsp3) is 0.619. The van der Waals surface area contributed by atoms with Gasteiger partial charge in [-0.05, 0) is 56.8 Å². The van der Waals surface area contributed by atoms with Gasteiger partial charge in [-0.3, -0.25) is 14.5 Å². The zero-order chi connectivity index (χ0) is 19.2. The van der Waals surface area contributed by atoms with Crippen LogP contribution in [0.2, 0.25) is 0 Å². The van der Waals surface area contributed by atoms with E-state index in [0.29, 0.717) is 18.2 Å². The second-order valence-electron chi connectivity index (χ2n) is 8.08. The molecule has 0 radical (unpaired) electrons. The maximum atomic E-state index is 13.3. The fourth-order valence-electron chi connectivity index (χ4n) is 4.40. The number of rotatable bonds is 6. The number of piperidine rings is 1. The molecule has 1 amide bonds. The van der Waals surface area contributed by atoms with Crippen molar-refractivity contribution in [1.82, 2.24) is 30.2 Å². The van der Waals surface area contributed by atoms with Crippen LogP contribution < -0.4 is 5.32 Å². The lowest BCUT2D eigenvalue weighted by atomic mass is 9.94. The standard InChI is InChI=1S/C21H30N6O/c28-21(20-16-26(25-24-20)14-17-7-6-11-22-13-17)27(19-9-2-1-3-10-19)15-18-8-4-5-12-23-18/h4-5,8,12,16-17,19,22H,1-3,6-7,9-11,13-15H2. The summed E-state index contributed by atoms with van der Waals surface area (Å²) in [7, 11) is 0. The molecule has 28 heavy (non-hydrogen) atoms. The van der Waals surface area contributed by atoms with Crippen LogP contribution in [-0.4, -0.2) is 49.9 Å². The van der Waals surface area contributed by atoms with Gasteiger partial charge in [0.15, 0.2) is 5.69 Å². The van der Waals surface area contributed by atoms with Crippen molar-refractivity contribution in [3.8, 4) is 0 Å². The number of amides is 1. The Morgan fingerprint density at radius 1 is 1.18 bits per heavy atom. The van der Waals surface area contributed by atoms with Crippen LogP contribution in [0.15, 0.2) is 30.6 Å². The van der Waals surface area contributed by atoms with Crippen LogP contribution in [-0.2, 0) is 13.1 Å². The average molecular weight is 383 g/mol. The van der Waals surface area contributed by atoms with E-state index < -0.39 is 0 Å². The van der Waals surface area contributed by atoms with E-state index in [2.05, 4.69) is 20.6 Å². The number of hydrogen-bond acceptors (Lipinski definition) is 5. The van der Waals surface area contributed by atoms with E-state index in [1.807, 2.05) is 34.0 Å². The molecule has 2 aliphatic rings. The first-order chi connectivity index (χ1) is 13.8. The van der Waals surface area contributed by atoms with E-state index >= 15 is 0 Å². The molecule has 1 atom stereocenters. The molecule has 0 aromatic carbocycles. The molecular weight excluding hydrogens is 352 g/mol. The van der Waals surface area contributed by atoms with Crippen LogP contribution in [0.4, 0.5) is 0 Å². The van der Waals surface area contributed by atoms with Gasteiger partial charge in [-0.15, -0.1) is 5.10 Å². The molecule has 1 unspecified atom stereocenters. The summed E-state index contributed by atoms with van der Waals surface area (Å²) in [4.78, 5) is 19.7. The molecule has 3 heterocycles. The van der Waals surface area contributed by atoms with Gasteiger partial charge in [0.05, 0.1) is 18.4 Å². The van der Waals surface area contributed by atoms with Gasteiger partial charge in [0.2, 0.25) is 0 Å². The first-order valence-electron chi connectivity index (χ1n) is 10.6. The van der Waals surface area contributed by atoms with E-state index in [-0.39, 0.29) is 11.9 Å². The lowest BCUT2D eigenvalue weighted by Crippen LogP contribution is -2.41. The number of aromatic nitrogens is 4. The zero-order valence-electron chi connectivity index (χ0n) is 16.5. The number of nitrogens with zero attached hydrogens (tertiary/aromatic N) is 5. The molecule has 4 rings (SSSR count). The van der Waals surface area contributed by atoms with Gasteiger partial charge in [0.25, 0.3) is 5.91 Å². The lowest BCUT2D eigenvalue weighted by Gasteiger charge is -2.33. The number of nitrogens with one attached hydrogen (secondary N) is 1. The molecule has 1 saturated carbocycles. The number of carbonyl (C=O) groups is 1. The monoisotopic (exact) mass is 382 g/mol. The van der Waals surface area contributed by atoms with Gasteiger partial charge >= 0.3 is 0 Å². The van der Waals surface area contributed by atoms with Crippen LogP contribution >= 0.6 is 0 Å². The highest BCUT2D eigenvalue weighted by molar-refractivity contribution is 5.92. The Bertz CT molecular complexity index is 749. The zero-order valence-corrected chi connectivity index (χ0v) is 16.5. The van der Waals surface area contributed by atoms with Gasteiger partial charge in [-0.25, -0.2) is 0 Å². The van der Waals surface area contributed by atoms with Crippen molar-refractivity contribution in [2.24, 2.45) is 5.92 Å². The average Bonchev–Trinajstić information content (AvgIpc) is 3.22. The summed E-state index contributed by atoms with van der Waals surface area (Å²) in [6, 6.07) is 6.12. The molecule has 0 spiro atoms. The van der Waals surface area contributed by atoms with E-state index in [4.69, 9.17) is 0 Å². The first kappa shape index (κ1) is 19.1.